The summed E-state index contributed by atoms with van der Waals surface area (Å²) in [5.74, 6) is 0.198. The van der Waals surface area contributed by atoms with Crippen molar-refractivity contribution in [3.05, 3.63) is 0 Å². The minimum Gasteiger partial charge on any atom is -0.393 e. The second-order valence-corrected chi connectivity index (χ2v) is 6.90. The normalized spacial score (nSPS) is 24.5. The zero-order chi connectivity index (χ0) is 12.9. The molecule has 0 radical (unpaired) electrons. The van der Waals surface area contributed by atoms with Crippen molar-refractivity contribution < 1.29 is 18.3 Å². The van der Waals surface area contributed by atoms with E-state index < -0.39 is 9.84 Å². The van der Waals surface area contributed by atoms with Crippen molar-refractivity contribution in [1.82, 2.24) is 5.32 Å². The van der Waals surface area contributed by atoms with Crippen molar-refractivity contribution in [3.63, 3.8) is 0 Å². The quantitative estimate of drug-likeness (QED) is 0.711. The van der Waals surface area contributed by atoms with E-state index in [2.05, 4.69) is 5.32 Å². The summed E-state index contributed by atoms with van der Waals surface area (Å²) in [6, 6.07) is 0. The summed E-state index contributed by atoms with van der Waals surface area (Å²) in [6.07, 6.45) is 1.72. The molecule has 0 aliphatic carbocycles. The summed E-state index contributed by atoms with van der Waals surface area (Å²) in [6.45, 7) is 2.34. The number of carbonyl (C=O) groups excluding carboxylic acids is 1. The van der Waals surface area contributed by atoms with E-state index in [-0.39, 0.29) is 35.9 Å². The van der Waals surface area contributed by atoms with Gasteiger partial charge in [-0.05, 0) is 25.2 Å². The Kier molecular flexibility index (Phi) is 5.39. The molecule has 1 fully saturated rings. The molecule has 2 atom stereocenters. The van der Waals surface area contributed by atoms with Crippen LogP contribution in [0, 0.1) is 5.92 Å². The second kappa shape index (κ2) is 6.35. The van der Waals surface area contributed by atoms with E-state index in [1.165, 1.54) is 0 Å². The molecule has 1 saturated heterocycles. The maximum atomic E-state index is 11.5. The van der Waals surface area contributed by atoms with Gasteiger partial charge in [-0.2, -0.15) is 0 Å². The summed E-state index contributed by atoms with van der Waals surface area (Å²) >= 11 is 0. The van der Waals surface area contributed by atoms with E-state index in [1.807, 2.05) is 6.92 Å². The van der Waals surface area contributed by atoms with Crippen molar-refractivity contribution >= 4 is 15.7 Å². The molecular weight excluding hydrogens is 242 g/mol. The molecule has 100 valence electrons. The fourth-order valence-electron chi connectivity index (χ4n) is 1.95. The summed E-state index contributed by atoms with van der Waals surface area (Å²) in [4.78, 5) is 11.5. The Morgan fingerprint density at radius 2 is 2.24 bits per heavy atom. The van der Waals surface area contributed by atoms with Gasteiger partial charge in [0.25, 0.3) is 0 Å². The number of nitrogens with one attached hydrogen (secondary N) is 1. The van der Waals surface area contributed by atoms with Gasteiger partial charge in [-0.1, -0.05) is 6.92 Å². The van der Waals surface area contributed by atoms with Crippen LogP contribution in [-0.2, 0) is 14.6 Å². The minimum atomic E-state index is -2.90. The van der Waals surface area contributed by atoms with Crippen LogP contribution in [0.15, 0.2) is 0 Å². The molecule has 2 N–H and O–H groups in total. The highest BCUT2D eigenvalue weighted by molar-refractivity contribution is 7.91. The summed E-state index contributed by atoms with van der Waals surface area (Å²) in [5.41, 5.74) is 0. The van der Waals surface area contributed by atoms with Gasteiger partial charge in [0.05, 0.1) is 17.6 Å². The highest BCUT2D eigenvalue weighted by Crippen LogP contribution is 2.21. The van der Waals surface area contributed by atoms with E-state index in [0.717, 1.165) is 0 Å². The van der Waals surface area contributed by atoms with Crippen LogP contribution in [0.5, 0.6) is 0 Å². The highest BCUT2D eigenvalue weighted by Gasteiger charge is 2.29. The maximum absolute atomic E-state index is 11.5. The number of amides is 1. The topological polar surface area (TPSA) is 83.5 Å². The average molecular weight is 263 g/mol. The SMILES string of the molecule is CCC(O)CCNC(=O)CC1CCS(=O)(=O)C1. The lowest BCUT2D eigenvalue weighted by molar-refractivity contribution is -0.121. The minimum absolute atomic E-state index is 0.0314. The third-order valence-electron chi connectivity index (χ3n) is 3.07. The Balaban J connectivity index is 2.18. The highest BCUT2D eigenvalue weighted by atomic mass is 32.2. The molecule has 2 unspecified atom stereocenters. The smallest absolute Gasteiger partial charge is 0.220 e. The van der Waals surface area contributed by atoms with Crippen LogP contribution in [0.3, 0.4) is 0 Å². The van der Waals surface area contributed by atoms with Crippen LogP contribution in [0.4, 0.5) is 0 Å². The molecule has 1 aliphatic heterocycles. The molecular formula is C11H21NO4S. The number of sulfone groups is 1. The first-order valence-electron chi connectivity index (χ1n) is 6.08. The van der Waals surface area contributed by atoms with Crippen molar-refractivity contribution in [2.45, 2.75) is 38.7 Å². The van der Waals surface area contributed by atoms with Gasteiger partial charge in [-0.25, -0.2) is 8.42 Å². The van der Waals surface area contributed by atoms with Gasteiger partial charge in [0.2, 0.25) is 5.91 Å². The number of aliphatic hydroxyl groups excluding tert-OH is 1. The van der Waals surface area contributed by atoms with Crippen LogP contribution in [0.2, 0.25) is 0 Å². The standard InChI is InChI=1S/C11H21NO4S/c1-2-10(13)3-5-12-11(14)7-9-4-6-17(15,16)8-9/h9-10,13H,2-8H2,1H3,(H,12,14). The van der Waals surface area contributed by atoms with Gasteiger partial charge in [0, 0.05) is 13.0 Å². The first-order valence-corrected chi connectivity index (χ1v) is 7.90. The second-order valence-electron chi connectivity index (χ2n) is 4.67. The van der Waals surface area contributed by atoms with E-state index >= 15 is 0 Å². The molecule has 0 bridgehead atoms. The zero-order valence-corrected chi connectivity index (χ0v) is 11.0. The lowest BCUT2D eigenvalue weighted by Gasteiger charge is -2.10. The Bertz CT molecular complexity index is 352. The largest absolute Gasteiger partial charge is 0.393 e. The van der Waals surface area contributed by atoms with Gasteiger partial charge < -0.3 is 10.4 Å². The number of hydrogen-bond acceptors (Lipinski definition) is 4. The first kappa shape index (κ1) is 14.4. The van der Waals surface area contributed by atoms with Crippen LogP contribution < -0.4 is 5.32 Å². The summed E-state index contributed by atoms with van der Waals surface area (Å²) in [7, 11) is -2.90. The van der Waals surface area contributed by atoms with Gasteiger partial charge in [-0.3, -0.25) is 4.79 Å². The number of aliphatic hydroxyl groups is 1. The van der Waals surface area contributed by atoms with Crippen molar-refractivity contribution in [2.24, 2.45) is 5.92 Å². The Hall–Kier alpha value is -0.620. The predicted molar refractivity (Wildman–Crippen MR) is 65.3 cm³/mol. The van der Waals surface area contributed by atoms with Gasteiger partial charge in [0.15, 0.2) is 9.84 Å². The van der Waals surface area contributed by atoms with E-state index in [0.29, 0.717) is 25.8 Å². The molecule has 17 heavy (non-hydrogen) atoms. The Morgan fingerprint density at radius 1 is 1.53 bits per heavy atom. The zero-order valence-electron chi connectivity index (χ0n) is 10.2. The molecule has 0 spiro atoms. The van der Waals surface area contributed by atoms with Crippen molar-refractivity contribution in [3.8, 4) is 0 Å². The van der Waals surface area contributed by atoms with E-state index in [9.17, 15) is 18.3 Å². The fraction of sp³-hybridized carbons (Fsp3) is 0.909. The molecule has 0 aromatic heterocycles. The molecule has 1 amide bonds. The lowest BCUT2D eigenvalue weighted by Crippen LogP contribution is -2.28. The number of hydrogen-bond donors (Lipinski definition) is 2. The fourth-order valence-corrected chi connectivity index (χ4v) is 3.81. The Morgan fingerprint density at radius 3 is 2.76 bits per heavy atom. The van der Waals surface area contributed by atoms with E-state index in [4.69, 9.17) is 0 Å². The third kappa shape index (κ3) is 5.50. The van der Waals surface area contributed by atoms with Crippen LogP contribution in [0.1, 0.15) is 32.6 Å². The maximum Gasteiger partial charge on any atom is 0.220 e. The van der Waals surface area contributed by atoms with Gasteiger partial charge in [-0.15, -0.1) is 0 Å². The van der Waals surface area contributed by atoms with Crippen LogP contribution in [-0.4, -0.2) is 43.6 Å². The average Bonchev–Trinajstić information content (AvgIpc) is 2.57. The Labute approximate surface area is 103 Å². The monoisotopic (exact) mass is 263 g/mol. The molecule has 0 aromatic carbocycles. The van der Waals surface area contributed by atoms with Gasteiger partial charge >= 0.3 is 0 Å². The molecule has 1 heterocycles. The number of carbonyl (C=O) groups is 1. The summed E-state index contributed by atoms with van der Waals surface area (Å²) < 4.78 is 22.4. The third-order valence-corrected chi connectivity index (χ3v) is 4.91. The van der Waals surface area contributed by atoms with Crippen LogP contribution >= 0.6 is 0 Å². The van der Waals surface area contributed by atoms with Crippen LogP contribution in [0.25, 0.3) is 0 Å². The molecule has 1 aliphatic rings. The van der Waals surface area contributed by atoms with Crippen molar-refractivity contribution in [2.75, 3.05) is 18.1 Å². The molecule has 6 heteroatoms. The first-order chi connectivity index (χ1) is 7.93. The van der Waals surface area contributed by atoms with Gasteiger partial charge in [0.1, 0.15) is 0 Å². The molecule has 1 rings (SSSR count). The van der Waals surface area contributed by atoms with Crippen molar-refractivity contribution in [1.29, 1.82) is 0 Å². The summed E-state index contributed by atoms with van der Waals surface area (Å²) in [5, 5.41) is 12.0. The number of rotatable bonds is 6. The lowest BCUT2D eigenvalue weighted by atomic mass is 10.1. The molecule has 0 saturated carbocycles. The predicted octanol–water partition coefficient (Wildman–Crippen LogP) is 0.0884. The van der Waals surface area contributed by atoms with E-state index in [1.54, 1.807) is 0 Å². The molecule has 5 nitrogen and oxygen atoms in total. The molecule has 0 aromatic rings.